The Morgan fingerprint density at radius 2 is 1.64 bits per heavy atom. The molecule has 1 aliphatic heterocycles. The number of carbonyl (C=O) groups is 1. The van der Waals surface area contributed by atoms with Gasteiger partial charge in [0, 0.05) is 18.7 Å². The van der Waals surface area contributed by atoms with Crippen molar-refractivity contribution in [2.75, 3.05) is 11.4 Å². The van der Waals surface area contributed by atoms with Crippen LogP contribution in [-0.2, 0) is 27.8 Å². The van der Waals surface area contributed by atoms with Crippen LogP contribution in [-0.4, -0.2) is 20.9 Å². The van der Waals surface area contributed by atoms with Gasteiger partial charge in [-0.15, -0.1) is 0 Å². The smallest absolute Gasteiger partial charge is 0.339 e. The third-order valence-corrected chi connectivity index (χ3v) is 6.03. The van der Waals surface area contributed by atoms with Crippen molar-refractivity contribution in [3.05, 3.63) is 53.6 Å². The number of nitrogens with zero attached hydrogens (tertiary/aromatic N) is 1. The molecule has 1 heterocycles. The predicted molar refractivity (Wildman–Crippen MR) is 94.3 cm³/mol. The number of fused-ring (bicyclic) bond motifs is 1. The first-order valence-corrected chi connectivity index (χ1v) is 9.90. The zero-order valence-electron chi connectivity index (χ0n) is 13.8. The molecule has 1 saturated heterocycles. The largest absolute Gasteiger partial charge is 0.379 e. The van der Waals surface area contributed by atoms with E-state index in [1.165, 1.54) is 5.56 Å². The molecular weight excluding hydrogens is 338 g/mol. The molecule has 0 saturated carbocycles. The van der Waals surface area contributed by atoms with Crippen molar-refractivity contribution < 1.29 is 17.4 Å². The zero-order chi connectivity index (χ0) is 17.4. The second-order valence-corrected chi connectivity index (χ2v) is 8.01. The Hall–Kier alpha value is -2.34. The number of amides is 1. The lowest BCUT2D eigenvalue weighted by Crippen LogP contribution is -2.23. The number of benzene rings is 2. The van der Waals surface area contributed by atoms with Gasteiger partial charge >= 0.3 is 10.1 Å². The Labute approximate surface area is 147 Å². The normalized spacial score (nSPS) is 17.0. The predicted octanol–water partition coefficient (Wildman–Crippen LogP) is 3.07. The number of carbonyl (C=O) groups excluding carboxylic acids is 1. The van der Waals surface area contributed by atoms with E-state index in [-0.39, 0.29) is 16.6 Å². The molecule has 0 atom stereocenters. The van der Waals surface area contributed by atoms with Gasteiger partial charge in [-0.05, 0) is 73.2 Å². The molecule has 0 unspecified atom stereocenters. The van der Waals surface area contributed by atoms with Crippen LogP contribution in [0.2, 0.25) is 0 Å². The summed E-state index contributed by atoms with van der Waals surface area (Å²) in [7, 11) is -3.86. The van der Waals surface area contributed by atoms with Crippen LogP contribution in [0.3, 0.4) is 0 Å². The second-order valence-electron chi connectivity index (χ2n) is 6.46. The molecule has 25 heavy (non-hydrogen) atoms. The fourth-order valence-electron chi connectivity index (χ4n) is 3.48. The van der Waals surface area contributed by atoms with Gasteiger partial charge in [-0.3, -0.25) is 4.79 Å². The van der Waals surface area contributed by atoms with Gasteiger partial charge in [-0.1, -0.05) is 6.07 Å². The summed E-state index contributed by atoms with van der Waals surface area (Å²) < 4.78 is 30.3. The summed E-state index contributed by atoms with van der Waals surface area (Å²) >= 11 is 0. The monoisotopic (exact) mass is 357 g/mol. The van der Waals surface area contributed by atoms with Gasteiger partial charge in [0.15, 0.2) is 0 Å². The molecule has 2 aromatic carbocycles. The van der Waals surface area contributed by atoms with Gasteiger partial charge < -0.3 is 9.08 Å². The van der Waals surface area contributed by atoms with Crippen LogP contribution in [0.5, 0.6) is 5.75 Å². The lowest BCUT2D eigenvalue weighted by atomic mass is 10.1. The van der Waals surface area contributed by atoms with Gasteiger partial charge in [0.2, 0.25) is 5.91 Å². The average molecular weight is 357 g/mol. The summed E-state index contributed by atoms with van der Waals surface area (Å²) in [4.78, 5) is 13.7. The minimum Gasteiger partial charge on any atom is -0.379 e. The van der Waals surface area contributed by atoms with E-state index in [9.17, 15) is 13.2 Å². The molecule has 0 bridgehead atoms. The van der Waals surface area contributed by atoms with E-state index in [2.05, 4.69) is 0 Å². The van der Waals surface area contributed by atoms with Crippen molar-refractivity contribution in [2.45, 2.75) is 37.0 Å². The van der Waals surface area contributed by atoms with E-state index < -0.39 is 10.1 Å². The molecule has 130 valence electrons. The first kappa shape index (κ1) is 16.1. The third kappa shape index (κ3) is 3.14. The summed E-state index contributed by atoms with van der Waals surface area (Å²) in [6, 6.07) is 11.8. The molecule has 6 heteroatoms. The first-order chi connectivity index (χ1) is 12.0. The molecule has 2 aliphatic rings. The van der Waals surface area contributed by atoms with Crippen LogP contribution < -0.4 is 9.08 Å². The van der Waals surface area contributed by atoms with Crippen molar-refractivity contribution in [1.29, 1.82) is 0 Å². The molecule has 1 amide bonds. The van der Waals surface area contributed by atoms with Crippen LogP contribution in [0.15, 0.2) is 47.4 Å². The van der Waals surface area contributed by atoms with Crippen molar-refractivity contribution in [2.24, 2.45) is 0 Å². The maximum Gasteiger partial charge on any atom is 0.339 e. The van der Waals surface area contributed by atoms with Crippen molar-refractivity contribution in [1.82, 2.24) is 0 Å². The maximum absolute atomic E-state index is 12.5. The lowest BCUT2D eigenvalue weighted by molar-refractivity contribution is -0.117. The number of rotatable bonds is 4. The van der Waals surface area contributed by atoms with Gasteiger partial charge in [0.05, 0.1) is 0 Å². The van der Waals surface area contributed by atoms with Gasteiger partial charge in [0.25, 0.3) is 0 Å². The number of hydrogen-bond acceptors (Lipinski definition) is 4. The SMILES string of the molecule is O=C1CCCN1c1ccc(OS(=O)(=O)c2ccc3c(c2)CCC3)cc1. The van der Waals surface area contributed by atoms with E-state index in [4.69, 9.17) is 4.18 Å². The van der Waals surface area contributed by atoms with E-state index in [1.54, 1.807) is 41.3 Å². The standard InChI is InChI=1S/C19H19NO4S/c21-19-5-2-12-20(19)16-7-9-17(10-8-16)24-25(22,23)18-11-6-14-3-1-4-15(14)13-18/h6-11,13H,1-5,12H2. The van der Waals surface area contributed by atoms with Crippen LogP contribution in [0.1, 0.15) is 30.4 Å². The molecule has 0 radical (unpaired) electrons. The Bertz CT molecular complexity index is 919. The molecule has 4 rings (SSSR count). The minimum absolute atomic E-state index is 0.0967. The Morgan fingerprint density at radius 1 is 0.880 bits per heavy atom. The highest BCUT2D eigenvalue weighted by Gasteiger charge is 2.23. The van der Waals surface area contributed by atoms with Crippen LogP contribution >= 0.6 is 0 Å². The molecular formula is C19H19NO4S. The molecule has 0 aromatic heterocycles. The fourth-order valence-corrected chi connectivity index (χ4v) is 4.46. The van der Waals surface area contributed by atoms with Gasteiger partial charge in [0.1, 0.15) is 10.6 Å². The van der Waals surface area contributed by atoms with Crippen molar-refractivity contribution >= 4 is 21.7 Å². The lowest BCUT2D eigenvalue weighted by Gasteiger charge is -2.16. The molecule has 1 fully saturated rings. The highest BCUT2D eigenvalue weighted by atomic mass is 32.2. The van der Waals surface area contributed by atoms with Crippen molar-refractivity contribution in [3.8, 4) is 5.75 Å². The number of anilines is 1. The summed E-state index contributed by atoms with van der Waals surface area (Å²) in [5.41, 5.74) is 3.08. The molecule has 0 spiro atoms. The molecule has 5 nitrogen and oxygen atoms in total. The van der Waals surface area contributed by atoms with Crippen LogP contribution in [0.25, 0.3) is 0 Å². The Morgan fingerprint density at radius 3 is 2.36 bits per heavy atom. The summed E-state index contributed by atoms with van der Waals surface area (Å²) in [6.07, 6.45) is 4.40. The van der Waals surface area contributed by atoms with E-state index in [1.807, 2.05) is 6.07 Å². The summed E-state index contributed by atoms with van der Waals surface area (Å²) in [5.74, 6) is 0.343. The van der Waals surface area contributed by atoms with Gasteiger partial charge in [-0.25, -0.2) is 0 Å². The molecule has 0 N–H and O–H groups in total. The number of hydrogen-bond donors (Lipinski definition) is 0. The Balaban J connectivity index is 1.53. The topological polar surface area (TPSA) is 63.7 Å². The highest BCUT2D eigenvalue weighted by molar-refractivity contribution is 7.87. The van der Waals surface area contributed by atoms with E-state index >= 15 is 0 Å². The minimum atomic E-state index is -3.86. The average Bonchev–Trinajstić information content (AvgIpc) is 3.23. The van der Waals surface area contributed by atoms with E-state index in [0.717, 1.165) is 36.9 Å². The second kappa shape index (κ2) is 6.19. The zero-order valence-corrected chi connectivity index (χ0v) is 14.6. The summed E-state index contributed by atoms with van der Waals surface area (Å²) in [5, 5.41) is 0. The number of aryl methyl sites for hydroxylation is 2. The van der Waals surface area contributed by atoms with Crippen molar-refractivity contribution in [3.63, 3.8) is 0 Å². The molecule has 1 aliphatic carbocycles. The maximum atomic E-state index is 12.5. The van der Waals surface area contributed by atoms with Crippen LogP contribution in [0, 0.1) is 0 Å². The van der Waals surface area contributed by atoms with Gasteiger partial charge in [-0.2, -0.15) is 8.42 Å². The molecule has 2 aromatic rings. The van der Waals surface area contributed by atoms with Crippen LogP contribution in [0.4, 0.5) is 5.69 Å². The quantitative estimate of drug-likeness (QED) is 0.789. The first-order valence-electron chi connectivity index (χ1n) is 8.50. The highest BCUT2D eigenvalue weighted by Crippen LogP contribution is 2.28. The summed E-state index contributed by atoms with van der Waals surface area (Å²) in [6.45, 7) is 0.701. The fraction of sp³-hybridized carbons (Fsp3) is 0.316. The third-order valence-electron chi connectivity index (χ3n) is 4.79. The van der Waals surface area contributed by atoms with E-state index in [0.29, 0.717) is 13.0 Å². The Kier molecular flexibility index (Phi) is 4.00.